The van der Waals surface area contributed by atoms with Crippen LogP contribution in [0.25, 0.3) is 0 Å². The first kappa shape index (κ1) is 20.3. The van der Waals surface area contributed by atoms with Crippen molar-refractivity contribution in [2.24, 2.45) is 0 Å². The first-order chi connectivity index (χ1) is 14.3. The maximum atomic E-state index is 13.3. The summed E-state index contributed by atoms with van der Waals surface area (Å²) in [6, 6.07) is 20.0. The summed E-state index contributed by atoms with van der Waals surface area (Å²) in [7, 11) is -3.92. The average molecular weight is 443 g/mol. The van der Waals surface area contributed by atoms with Crippen LogP contribution in [0, 0.1) is 6.92 Å². The van der Waals surface area contributed by atoms with Crippen molar-refractivity contribution in [3.8, 4) is 5.75 Å². The molecule has 0 aliphatic carbocycles. The SMILES string of the molecule is Cc1ccc(NC(=O)C2CN(S(=O)(=O)c3ccccc3)c3cc(Cl)ccc3O2)cc1. The summed E-state index contributed by atoms with van der Waals surface area (Å²) in [6.07, 6.45) is -1.03. The standard InChI is InChI=1S/C22H19ClN2O4S/c1-15-7-10-17(11-8-15)24-22(26)21-14-25(19-13-16(23)9-12-20(19)29-21)30(27,28)18-5-3-2-4-6-18/h2-13,21H,14H2,1H3,(H,24,26). The molecule has 0 bridgehead atoms. The van der Waals surface area contributed by atoms with E-state index in [-0.39, 0.29) is 17.2 Å². The first-order valence-corrected chi connectivity index (χ1v) is 11.1. The molecule has 0 spiro atoms. The van der Waals surface area contributed by atoms with Crippen molar-refractivity contribution in [2.45, 2.75) is 17.9 Å². The summed E-state index contributed by atoms with van der Waals surface area (Å²) in [6.45, 7) is 1.77. The maximum Gasteiger partial charge on any atom is 0.267 e. The highest BCUT2D eigenvalue weighted by Crippen LogP contribution is 2.39. The Hall–Kier alpha value is -3.03. The van der Waals surface area contributed by atoms with Crippen LogP contribution in [0.4, 0.5) is 11.4 Å². The van der Waals surface area contributed by atoms with Crippen molar-refractivity contribution in [3.05, 3.63) is 83.4 Å². The zero-order valence-electron chi connectivity index (χ0n) is 16.1. The molecular formula is C22H19ClN2O4S. The number of hydrogen-bond acceptors (Lipinski definition) is 4. The molecule has 1 aliphatic heterocycles. The van der Waals surface area contributed by atoms with Crippen LogP contribution >= 0.6 is 11.6 Å². The van der Waals surface area contributed by atoms with Crippen LogP contribution in [0.3, 0.4) is 0 Å². The lowest BCUT2D eigenvalue weighted by molar-refractivity contribution is -0.122. The zero-order chi connectivity index (χ0) is 21.3. The number of anilines is 2. The highest BCUT2D eigenvalue weighted by molar-refractivity contribution is 7.92. The van der Waals surface area contributed by atoms with Crippen molar-refractivity contribution in [2.75, 3.05) is 16.2 Å². The van der Waals surface area contributed by atoms with Gasteiger partial charge in [0, 0.05) is 10.7 Å². The van der Waals surface area contributed by atoms with Crippen LogP contribution in [-0.4, -0.2) is 27.0 Å². The Morgan fingerprint density at radius 3 is 2.47 bits per heavy atom. The van der Waals surface area contributed by atoms with Crippen LogP contribution in [0.15, 0.2) is 77.7 Å². The Morgan fingerprint density at radius 2 is 1.77 bits per heavy atom. The fourth-order valence-corrected chi connectivity index (χ4v) is 4.82. The van der Waals surface area contributed by atoms with Gasteiger partial charge in [0.15, 0.2) is 6.10 Å². The highest BCUT2D eigenvalue weighted by atomic mass is 35.5. The lowest BCUT2D eigenvalue weighted by atomic mass is 10.2. The van der Waals surface area contributed by atoms with Gasteiger partial charge in [0.25, 0.3) is 15.9 Å². The smallest absolute Gasteiger partial charge is 0.267 e. The van der Waals surface area contributed by atoms with Crippen LogP contribution in [0.1, 0.15) is 5.56 Å². The maximum absolute atomic E-state index is 13.3. The van der Waals surface area contributed by atoms with Crippen molar-refractivity contribution in [1.82, 2.24) is 0 Å². The fourth-order valence-electron chi connectivity index (χ4n) is 3.17. The van der Waals surface area contributed by atoms with Gasteiger partial charge in [-0.2, -0.15) is 0 Å². The Balaban J connectivity index is 1.68. The zero-order valence-corrected chi connectivity index (χ0v) is 17.7. The highest BCUT2D eigenvalue weighted by Gasteiger charge is 2.37. The number of fused-ring (bicyclic) bond motifs is 1. The Labute approximate surface area is 180 Å². The predicted octanol–water partition coefficient (Wildman–Crippen LogP) is 4.24. The topological polar surface area (TPSA) is 75.7 Å². The molecule has 1 aliphatic rings. The van der Waals surface area contributed by atoms with Gasteiger partial charge in [-0.3, -0.25) is 9.10 Å². The molecule has 3 aromatic rings. The molecule has 8 heteroatoms. The monoisotopic (exact) mass is 442 g/mol. The largest absolute Gasteiger partial charge is 0.476 e. The summed E-state index contributed by atoms with van der Waals surface area (Å²) >= 11 is 6.10. The number of benzene rings is 3. The summed E-state index contributed by atoms with van der Waals surface area (Å²) in [5, 5.41) is 3.15. The molecule has 1 atom stereocenters. The lowest BCUT2D eigenvalue weighted by Crippen LogP contribution is -2.48. The second kappa shape index (κ2) is 8.01. The minimum atomic E-state index is -3.92. The van der Waals surface area contributed by atoms with Gasteiger partial charge < -0.3 is 10.1 Å². The normalized spacial score (nSPS) is 15.8. The number of sulfonamides is 1. The minimum absolute atomic E-state index is 0.121. The van der Waals surface area contributed by atoms with Crippen molar-refractivity contribution >= 4 is 38.9 Å². The van der Waals surface area contributed by atoms with Gasteiger partial charge in [-0.1, -0.05) is 47.5 Å². The molecule has 6 nitrogen and oxygen atoms in total. The van der Waals surface area contributed by atoms with E-state index in [4.69, 9.17) is 16.3 Å². The van der Waals surface area contributed by atoms with E-state index in [0.717, 1.165) is 5.56 Å². The van der Waals surface area contributed by atoms with Gasteiger partial charge in [-0.05, 0) is 49.4 Å². The molecule has 1 N–H and O–H groups in total. The van der Waals surface area contributed by atoms with E-state index in [0.29, 0.717) is 16.4 Å². The lowest BCUT2D eigenvalue weighted by Gasteiger charge is -2.34. The number of carbonyl (C=O) groups is 1. The van der Waals surface area contributed by atoms with Crippen molar-refractivity contribution in [1.29, 1.82) is 0 Å². The molecule has 0 aromatic heterocycles. The van der Waals surface area contributed by atoms with Gasteiger partial charge in [0.1, 0.15) is 5.75 Å². The Bertz CT molecular complexity index is 1180. The number of hydrogen-bond donors (Lipinski definition) is 1. The number of halogens is 1. The number of rotatable bonds is 4. The van der Waals surface area contributed by atoms with Gasteiger partial charge >= 0.3 is 0 Å². The number of carbonyl (C=O) groups excluding carboxylic acids is 1. The van der Waals surface area contributed by atoms with E-state index in [2.05, 4.69) is 5.32 Å². The molecule has 0 saturated heterocycles. The first-order valence-electron chi connectivity index (χ1n) is 9.26. The summed E-state index contributed by atoms with van der Waals surface area (Å²) in [5.74, 6) is -0.165. The molecule has 1 amide bonds. The molecule has 1 heterocycles. The van der Waals surface area contributed by atoms with E-state index < -0.39 is 22.0 Å². The van der Waals surface area contributed by atoms with Gasteiger partial charge in [0.05, 0.1) is 17.1 Å². The van der Waals surface area contributed by atoms with Crippen LogP contribution in [-0.2, 0) is 14.8 Å². The van der Waals surface area contributed by atoms with Crippen LogP contribution in [0.5, 0.6) is 5.75 Å². The minimum Gasteiger partial charge on any atom is -0.476 e. The van der Waals surface area contributed by atoms with E-state index in [1.165, 1.54) is 22.5 Å². The van der Waals surface area contributed by atoms with E-state index >= 15 is 0 Å². The number of ether oxygens (including phenoxy) is 1. The van der Waals surface area contributed by atoms with E-state index in [9.17, 15) is 13.2 Å². The number of nitrogens with one attached hydrogen (secondary N) is 1. The fraction of sp³-hybridized carbons (Fsp3) is 0.136. The third-order valence-electron chi connectivity index (χ3n) is 4.73. The van der Waals surface area contributed by atoms with Gasteiger partial charge in [0.2, 0.25) is 0 Å². The third kappa shape index (κ3) is 3.99. The summed E-state index contributed by atoms with van der Waals surface area (Å²) in [5.41, 5.74) is 1.96. The van der Waals surface area contributed by atoms with Gasteiger partial charge in [-0.15, -0.1) is 0 Å². The molecular weight excluding hydrogens is 424 g/mol. The molecule has 0 saturated carbocycles. The second-order valence-electron chi connectivity index (χ2n) is 6.92. The second-order valence-corrected chi connectivity index (χ2v) is 9.22. The number of nitrogens with zero attached hydrogens (tertiary/aromatic N) is 1. The van der Waals surface area contributed by atoms with E-state index in [1.807, 2.05) is 19.1 Å². The molecule has 4 rings (SSSR count). The van der Waals surface area contributed by atoms with Crippen molar-refractivity contribution < 1.29 is 17.9 Å². The van der Waals surface area contributed by atoms with Gasteiger partial charge in [-0.25, -0.2) is 8.42 Å². The third-order valence-corrected chi connectivity index (χ3v) is 6.76. The molecule has 30 heavy (non-hydrogen) atoms. The van der Waals surface area contributed by atoms with E-state index in [1.54, 1.807) is 42.5 Å². The summed E-state index contributed by atoms with van der Waals surface area (Å²) < 4.78 is 33.6. The van der Waals surface area contributed by atoms with Crippen LogP contribution in [0.2, 0.25) is 5.02 Å². The number of amides is 1. The average Bonchev–Trinajstić information content (AvgIpc) is 2.75. The molecule has 154 valence electrons. The Morgan fingerprint density at radius 1 is 1.07 bits per heavy atom. The summed E-state index contributed by atoms with van der Waals surface area (Å²) in [4.78, 5) is 13.0. The molecule has 3 aromatic carbocycles. The molecule has 1 unspecified atom stereocenters. The Kier molecular flexibility index (Phi) is 5.40. The number of aryl methyl sites for hydroxylation is 1. The predicted molar refractivity (Wildman–Crippen MR) is 117 cm³/mol. The van der Waals surface area contributed by atoms with Crippen molar-refractivity contribution in [3.63, 3.8) is 0 Å². The quantitative estimate of drug-likeness (QED) is 0.655. The van der Waals surface area contributed by atoms with Crippen LogP contribution < -0.4 is 14.4 Å². The molecule has 0 fully saturated rings. The molecule has 0 radical (unpaired) electrons.